The summed E-state index contributed by atoms with van der Waals surface area (Å²) in [5.74, 6) is 0. The van der Waals surface area contributed by atoms with Crippen molar-refractivity contribution in [3.63, 3.8) is 0 Å². The van der Waals surface area contributed by atoms with Gasteiger partial charge in [0.05, 0.1) is 0 Å². The molecule has 0 fully saturated rings. The predicted octanol–water partition coefficient (Wildman–Crippen LogP) is -6.71. The van der Waals surface area contributed by atoms with Gasteiger partial charge < -0.3 is 27.1 Å². The van der Waals surface area contributed by atoms with E-state index in [1.165, 1.54) is 19.9 Å². The van der Waals surface area contributed by atoms with Gasteiger partial charge in [0.2, 0.25) is 11.4 Å². The molecule has 0 saturated heterocycles. The zero-order valence-corrected chi connectivity index (χ0v) is 20.5. The third-order valence-electron chi connectivity index (χ3n) is 2.31. The van der Waals surface area contributed by atoms with Crippen LogP contribution in [0.3, 0.4) is 0 Å². The molecule has 149 valence electrons. The van der Waals surface area contributed by atoms with Crippen LogP contribution < -0.4 is 68.9 Å². The Labute approximate surface area is 212 Å². The number of allylic oxidation sites excluding steroid dienone is 2. The summed E-state index contributed by atoms with van der Waals surface area (Å²) in [6.45, 7) is 4.52. The number of hydrogen-bond acceptors (Lipinski definition) is 12. The van der Waals surface area contributed by atoms with E-state index in [1.807, 2.05) is 0 Å². The number of aldehydes is 2. The van der Waals surface area contributed by atoms with Crippen molar-refractivity contribution in [2.24, 2.45) is 5.34 Å². The molecule has 14 nitrogen and oxygen atoms in total. The van der Waals surface area contributed by atoms with Gasteiger partial charge in [0.15, 0.2) is 12.0 Å². The molecule has 0 spiro atoms. The summed E-state index contributed by atoms with van der Waals surface area (Å²) in [6.07, 6.45) is 4.35. The van der Waals surface area contributed by atoms with Crippen LogP contribution in [0.2, 0.25) is 0 Å². The molecule has 0 aliphatic heterocycles. The van der Waals surface area contributed by atoms with Crippen molar-refractivity contribution >= 4 is 21.0 Å². The van der Waals surface area contributed by atoms with Crippen molar-refractivity contribution in [1.82, 2.24) is 10.3 Å². The van der Waals surface area contributed by atoms with Crippen molar-refractivity contribution in [2.75, 3.05) is 0 Å². The number of carbonyl (C=O) groups is 2. The molecule has 0 atom stereocenters. The molecule has 0 unspecified atom stereocenters. The molecule has 2 aromatic heterocycles. The van der Waals surface area contributed by atoms with Crippen LogP contribution in [0.1, 0.15) is 35.9 Å². The maximum Gasteiger partial charge on any atom is 1.00 e. The molecular weight excluding hydrogens is 415 g/mol. The van der Waals surface area contributed by atoms with Gasteiger partial charge in [-0.05, 0) is 22.8 Å². The van der Waals surface area contributed by atoms with E-state index in [0.717, 1.165) is 11.6 Å². The van der Waals surface area contributed by atoms with Crippen LogP contribution in [0.25, 0.3) is 0 Å². The van der Waals surface area contributed by atoms with Gasteiger partial charge in [-0.25, -0.2) is 0 Å². The molecule has 2 rings (SSSR count). The molecule has 17 heteroatoms. The third kappa shape index (κ3) is 17.0. The minimum atomic E-state index is -0.259. The van der Waals surface area contributed by atoms with Crippen LogP contribution in [-0.4, -0.2) is 36.4 Å². The fraction of sp³-hybridized carbons (Fsp3) is 0.333. The average molecular weight is 432 g/mol. The zero-order valence-electron chi connectivity index (χ0n) is 17.5. The molecule has 0 bridgehead atoms. The summed E-state index contributed by atoms with van der Waals surface area (Å²) in [5, 5.41) is 44.6. The molecule has 0 aliphatic carbocycles. The largest absolute Gasteiger partial charge is 1.00 e. The standard InChI is InChI=1S/C4H6N2O3.C4H4N2O3.C4H6O.B.HNO2.2Na.H/c2*1-3-4(2-7)5-9-6(3)8;1-2-3-4-5;;2-1-3;;;/h7H,2H2,1H3;2H,1H3;2-4H,1H3;;(H,2,3);;;/q;;;;;2*+1;-1/p-1/b;;3-2+;;;;;. The Hall–Kier alpha value is -1.62. The topological polar surface area (TPSA) is 213 Å². The third-order valence-corrected chi connectivity index (χ3v) is 2.31. The van der Waals surface area contributed by atoms with Crippen LogP contribution in [-0.2, 0) is 11.4 Å². The predicted molar refractivity (Wildman–Crippen MR) is 88.6 cm³/mol. The molecular formula is C12H17BN5Na2O9. The van der Waals surface area contributed by atoms with Crippen LogP contribution in [0.5, 0.6) is 0 Å². The van der Waals surface area contributed by atoms with Crippen molar-refractivity contribution in [3.05, 3.63) is 55.5 Å². The quantitative estimate of drug-likeness (QED) is 0.120. The number of aromatic nitrogens is 4. The molecule has 0 amide bonds. The SMILES string of the molecule is C/C=C/C=O.Cc1c(C=O)no[n+]1[O-].Cc1c(CO)no[n+]1[O-].O=N[O-].[B].[H-].[Na+].[Na+]. The smallest absolute Gasteiger partial charge is 1.00 e. The average Bonchev–Trinajstić information content (AvgIpc) is 3.13. The molecule has 0 aliphatic rings. The Morgan fingerprint density at radius 3 is 1.72 bits per heavy atom. The Morgan fingerprint density at radius 2 is 1.59 bits per heavy atom. The van der Waals surface area contributed by atoms with Gasteiger partial charge >= 0.3 is 59.1 Å². The van der Waals surface area contributed by atoms with Crippen molar-refractivity contribution in [2.45, 2.75) is 27.4 Å². The van der Waals surface area contributed by atoms with Crippen LogP contribution in [0.4, 0.5) is 0 Å². The second-order valence-corrected chi connectivity index (χ2v) is 3.88. The monoisotopic (exact) mass is 432 g/mol. The molecule has 0 saturated carbocycles. The van der Waals surface area contributed by atoms with Gasteiger partial charge in [-0.2, -0.15) is 0 Å². The van der Waals surface area contributed by atoms with Gasteiger partial charge in [-0.1, -0.05) is 6.08 Å². The van der Waals surface area contributed by atoms with Gasteiger partial charge in [-0.15, -0.1) is 5.34 Å². The first-order valence-electron chi connectivity index (χ1n) is 6.53. The summed E-state index contributed by atoms with van der Waals surface area (Å²) in [4.78, 5) is 27.7. The van der Waals surface area contributed by atoms with E-state index in [1.54, 1.807) is 13.0 Å². The zero-order chi connectivity index (χ0) is 20.5. The summed E-state index contributed by atoms with van der Waals surface area (Å²) < 4.78 is 8.20. The number of hydrogen-bond donors (Lipinski definition) is 1. The summed E-state index contributed by atoms with van der Waals surface area (Å²) in [5.41, 5.74) is 0.817. The van der Waals surface area contributed by atoms with E-state index in [9.17, 15) is 20.0 Å². The minimum absolute atomic E-state index is 0. The van der Waals surface area contributed by atoms with E-state index in [4.69, 9.17) is 15.2 Å². The maximum absolute atomic E-state index is 10.4. The first kappa shape index (κ1) is 38.0. The normalized spacial score (nSPS) is 8.00. The first-order chi connectivity index (χ1) is 12.3. The number of aliphatic hydroxyl groups is 1. The van der Waals surface area contributed by atoms with E-state index in [-0.39, 0.29) is 102 Å². The molecule has 0 aromatic carbocycles. The molecule has 29 heavy (non-hydrogen) atoms. The van der Waals surface area contributed by atoms with Gasteiger partial charge in [0.1, 0.15) is 12.9 Å². The second kappa shape index (κ2) is 24.4. The number of carbonyl (C=O) groups excluding carboxylic acids is 2. The fourth-order valence-electron chi connectivity index (χ4n) is 0.950. The van der Waals surface area contributed by atoms with E-state index in [0.29, 0.717) is 12.0 Å². The summed E-state index contributed by atoms with van der Waals surface area (Å²) in [7, 11) is 0. The van der Waals surface area contributed by atoms with E-state index >= 15 is 0 Å². The van der Waals surface area contributed by atoms with Crippen molar-refractivity contribution < 1.29 is 94.3 Å². The maximum atomic E-state index is 10.4. The second-order valence-electron chi connectivity index (χ2n) is 3.88. The fourth-order valence-corrected chi connectivity index (χ4v) is 0.950. The van der Waals surface area contributed by atoms with Gasteiger partial charge in [0.25, 0.3) is 5.69 Å². The summed E-state index contributed by atoms with van der Waals surface area (Å²) >= 11 is 0. The molecule has 1 N–H and O–H groups in total. The van der Waals surface area contributed by atoms with Crippen LogP contribution >= 0.6 is 0 Å². The first-order valence-corrected chi connectivity index (χ1v) is 6.53. The Kier molecular flexibility index (Phi) is 32.0. The Morgan fingerprint density at radius 1 is 1.14 bits per heavy atom. The van der Waals surface area contributed by atoms with E-state index < -0.39 is 0 Å². The number of rotatable bonds is 3. The Bertz CT molecular complexity index is 718. The number of nitrogens with zero attached hydrogens (tertiary/aromatic N) is 5. The Balaban J connectivity index is -0.0000000655. The van der Waals surface area contributed by atoms with Crippen molar-refractivity contribution in [1.29, 1.82) is 0 Å². The van der Waals surface area contributed by atoms with Crippen molar-refractivity contribution in [3.8, 4) is 0 Å². The summed E-state index contributed by atoms with van der Waals surface area (Å²) in [6, 6.07) is 0. The number of aliphatic hydroxyl groups excluding tert-OH is 1. The van der Waals surface area contributed by atoms with Gasteiger partial charge in [0, 0.05) is 32.6 Å². The molecule has 3 radical (unpaired) electrons. The minimum Gasteiger partial charge on any atom is -1.00 e. The molecule has 2 aromatic rings. The van der Waals surface area contributed by atoms with E-state index in [2.05, 4.69) is 19.6 Å². The van der Waals surface area contributed by atoms with Crippen LogP contribution in [0, 0.1) is 34.4 Å². The van der Waals surface area contributed by atoms with Gasteiger partial charge in [-0.3, -0.25) is 18.8 Å². The molecule has 2 heterocycles. The van der Waals surface area contributed by atoms with Crippen LogP contribution in [0.15, 0.2) is 26.8 Å².